The minimum atomic E-state index is -0.394. The second-order valence-electron chi connectivity index (χ2n) is 3.48. The van der Waals surface area contributed by atoms with E-state index in [1.54, 1.807) is 0 Å². The van der Waals surface area contributed by atoms with Gasteiger partial charge in [-0.05, 0) is 25.0 Å². The third-order valence-corrected chi connectivity index (χ3v) is 2.10. The summed E-state index contributed by atoms with van der Waals surface area (Å²) in [5.41, 5.74) is 6.41. The Hall–Kier alpha value is -1.29. The first-order valence-electron chi connectivity index (χ1n) is 4.74. The van der Waals surface area contributed by atoms with Crippen LogP contribution in [0.4, 0.5) is 4.39 Å². The van der Waals surface area contributed by atoms with Crippen LogP contribution in [-0.2, 0) is 6.42 Å². The summed E-state index contributed by atoms with van der Waals surface area (Å²) in [6.07, 6.45) is 0.573. The van der Waals surface area contributed by atoms with Gasteiger partial charge in [-0.1, -0.05) is 0 Å². The topological polar surface area (TPSA) is 44.5 Å². The molecule has 4 heteroatoms. The van der Waals surface area contributed by atoms with Gasteiger partial charge in [0.2, 0.25) is 0 Å². The molecule has 0 spiro atoms. The average molecular weight is 213 g/mol. The van der Waals surface area contributed by atoms with E-state index >= 15 is 0 Å². The van der Waals surface area contributed by atoms with Gasteiger partial charge in [-0.15, -0.1) is 0 Å². The Labute approximate surface area is 89.0 Å². The Morgan fingerprint density at radius 2 is 1.87 bits per heavy atom. The van der Waals surface area contributed by atoms with Crippen LogP contribution in [0.5, 0.6) is 11.5 Å². The van der Waals surface area contributed by atoms with Crippen molar-refractivity contribution in [2.24, 2.45) is 5.73 Å². The molecule has 0 radical (unpaired) electrons. The van der Waals surface area contributed by atoms with E-state index < -0.39 is 5.82 Å². The van der Waals surface area contributed by atoms with Crippen LogP contribution in [0.15, 0.2) is 12.1 Å². The molecule has 1 aromatic rings. The predicted molar refractivity (Wildman–Crippen MR) is 56.9 cm³/mol. The fraction of sp³-hybridized carbons (Fsp3) is 0.455. The summed E-state index contributed by atoms with van der Waals surface area (Å²) >= 11 is 0. The summed E-state index contributed by atoms with van der Waals surface area (Å²) in [5, 5.41) is 0. The van der Waals surface area contributed by atoms with Crippen molar-refractivity contribution in [1.82, 2.24) is 0 Å². The average Bonchev–Trinajstić information content (AvgIpc) is 2.17. The summed E-state index contributed by atoms with van der Waals surface area (Å²) < 4.78 is 23.4. The monoisotopic (exact) mass is 213 g/mol. The number of methoxy groups -OCH3 is 2. The molecular formula is C11H16FNO2. The first-order valence-corrected chi connectivity index (χ1v) is 4.74. The molecular weight excluding hydrogens is 197 g/mol. The fourth-order valence-electron chi connectivity index (χ4n) is 1.43. The van der Waals surface area contributed by atoms with Crippen LogP contribution in [0.3, 0.4) is 0 Å². The summed E-state index contributed by atoms with van der Waals surface area (Å²) in [4.78, 5) is 0. The zero-order chi connectivity index (χ0) is 11.4. The van der Waals surface area contributed by atoms with Crippen LogP contribution < -0.4 is 15.2 Å². The minimum absolute atomic E-state index is 0.0355. The minimum Gasteiger partial charge on any atom is -0.496 e. The SMILES string of the molecule is COc1cc(OC)c(CC(C)N)cc1F. The highest BCUT2D eigenvalue weighted by Gasteiger charge is 2.11. The molecule has 0 saturated heterocycles. The standard InChI is InChI=1S/C11H16FNO2/c1-7(13)4-8-5-9(12)11(15-3)6-10(8)14-2/h5-7H,4,13H2,1-3H3. The molecule has 0 aliphatic rings. The maximum absolute atomic E-state index is 13.4. The molecule has 1 aromatic carbocycles. The van der Waals surface area contributed by atoms with Crippen LogP contribution >= 0.6 is 0 Å². The summed E-state index contributed by atoms with van der Waals surface area (Å²) in [5.74, 6) is 0.389. The molecule has 1 rings (SSSR count). The fourth-order valence-corrected chi connectivity index (χ4v) is 1.43. The maximum atomic E-state index is 13.4. The number of benzene rings is 1. The molecule has 0 aromatic heterocycles. The van der Waals surface area contributed by atoms with Crippen molar-refractivity contribution in [1.29, 1.82) is 0 Å². The van der Waals surface area contributed by atoms with Crippen molar-refractivity contribution in [3.05, 3.63) is 23.5 Å². The van der Waals surface area contributed by atoms with E-state index in [9.17, 15) is 4.39 Å². The lowest BCUT2D eigenvalue weighted by Gasteiger charge is -2.12. The Balaban J connectivity index is 3.09. The van der Waals surface area contributed by atoms with Gasteiger partial charge in [0.1, 0.15) is 5.75 Å². The van der Waals surface area contributed by atoms with Gasteiger partial charge in [0.15, 0.2) is 11.6 Å². The highest BCUT2D eigenvalue weighted by Crippen LogP contribution is 2.28. The van der Waals surface area contributed by atoms with E-state index in [0.717, 1.165) is 5.56 Å². The smallest absolute Gasteiger partial charge is 0.165 e. The van der Waals surface area contributed by atoms with E-state index in [-0.39, 0.29) is 11.8 Å². The number of halogens is 1. The van der Waals surface area contributed by atoms with Crippen molar-refractivity contribution < 1.29 is 13.9 Å². The van der Waals surface area contributed by atoms with Gasteiger partial charge in [-0.2, -0.15) is 0 Å². The van der Waals surface area contributed by atoms with Crippen LogP contribution in [0.2, 0.25) is 0 Å². The second-order valence-corrected chi connectivity index (χ2v) is 3.48. The maximum Gasteiger partial charge on any atom is 0.165 e. The molecule has 0 amide bonds. The van der Waals surface area contributed by atoms with Crippen molar-refractivity contribution in [3.8, 4) is 11.5 Å². The van der Waals surface area contributed by atoms with Crippen LogP contribution in [0.25, 0.3) is 0 Å². The molecule has 0 aliphatic carbocycles. The quantitative estimate of drug-likeness (QED) is 0.828. The normalized spacial score (nSPS) is 12.3. The number of ether oxygens (including phenoxy) is 2. The van der Waals surface area contributed by atoms with Gasteiger partial charge in [-0.25, -0.2) is 4.39 Å². The van der Waals surface area contributed by atoms with Crippen molar-refractivity contribution >= 4 is 0 Å². The van der Waals surface area contributed by atoms with Gasteiger partial charge in [0, 0.05) is 12.1 Å². The van der Waals surface area contributed by atoms with Gasteiger partial charge >= 0.3 is 0 Å². The second kappa shape index (κ2) is 4.98. The number of hydrogen-bond donors (Lipinski definition) is 1. The van der Waals surface area contributed by atoms with Crippen LogP contribution in [0.1, 0.15) is 12.5 Å². The van der Waals surface area contributed by atoms with Crippen molar-refractivity contribution in [2.75, 3.05) is 14.2 Å². The number of hydrogen-bond acceptors (Lipinski definition) is 3. The molecule has 15 heavy (non-hydrogen) atoms. The molecule has 0 saturated carbocycles. The number of nitrogens with two attached hydrogens (primary N) is 1. The first kappa shape index (κ1) is 11.8. The zero-order valence-electron chi connectivity index (χ0n) is 9.21. The third-order valence-electron chi connectivity index (χ3n) is 2.10. The first-order chi connectivity index (χ1) is 7.08. The molecule has 0 fully saturated rings. The lowest BCUT2D eigenvalue weighted by Crippen LogP contribution is -2.18. The Kier molecular flexibility index (Phi) is 3.91. The van der Waals surface area contributed by atoms with Gasteiger partial charge < -0.3 is 15.2 Å². The largest absolute Gasteiger partial charge is 0.496 e. The third kappa shape index (κ3) is 2.83. The van der Waals surface area contributed by atoms with E-state index in [1.165, 1.54) is 26.4 Å². The van der Waals surface area contributed by atoms with Gasteiger partial charge in [0.05, 0.1) is 14.2 Å². The summed E-state index contributed by atoms with van der Waals surface area (Å²) in [7, 11) is 2.96. The van der Waals surface area contributed by atoms with Gasteiger partial charge in [-0.3, -0.25) is 0 Å². The summed E-state index contributed by atoms with van der Waals surface area (Å²) in [6, 6.07) is 2.90. The Morgan fingerprint density at radius 1 is 1.27 bits per heavy atom. The summed E-state index contributed by atoms with van der Waals surface area (Å²) in [6.45, 7) is 1.86. The molecule has 3 nitrogen and oxygen atoms in total. The van der Waals surface area contributed by atoms with Gasteiger partial charge in [0.25, 0.3) is 0 Å². The molecule has 1 atom stereocenters. The molecule has 2 N–H and O–H groups in total. The molecule has 0 bridgehead atoms. The van der Waals surface area contributed by atoms with E-state index in [4.69, 9.17) is 15.2 Å². The van der Waals surface area contributed by atoms with E-state index in [0.29, 0.717) is 12.2 Å². The lowest BCUT2D eigenvalue weighted by molar-refractivity contribution is 0.371. The number of rotatable bonds is 4. The zero-order valence-corrected chi connectivity index (χ0v) is 9.21. The molecule has 0 aliphatic heterocycles. The highest BCUT2D eigenvalue weighted by atomic mass is 19.1. The Morgan fingerprint density at radius 3 is 2.33 bits per heavy atom. The van der Waals surface area contributed by atoms with Crippen molar-refractivity contribution in [2.45, 2.75) is 19.4 Å². The van der Waals surface area contributed by atoms with E-state index in [2.05, 4.69) is 0 Å². The highest BCUT2D eigenvalue weighted by molar-refractivity contribution is 5.42. The molecule has 0 heterocycles. The van der Waals surface area contributed by atoms with Crippen LogP contribution in [-0.4, -0.2) is 20.3 Å². The van der Waals surface area contributed by atoms with Crippen molar-refractivity contribution in [3.63, 3.8) is 0 Å². The lowest BCUT2D eigenvalue weighted by atomic mass is 10.1. The Bertz CT molecular complexity index is 340. The predicted octanol–water partition coefficient (Wildman–Crippen LogP) is 1.73. The molecule has 1 unspecified atom stereocenters. The van der Waals surface area contributed by atoms with E-state index in [1.807, 2.05) is 6.92 Å². The molecule has 84 valence electrons. The van der Waals surface area contributed by atoms with Crippen LogP contribution in [0, 0.1) is 5.82 Å².